The Bertz CT molecular complexity index is 404. The van der Waals surface area contributed by atoms with E-state index >= 15 is 0 Å². The molecule has 1 unspecified atom stereocenters. The maximum atomic E-state index is 6.44. The van der Waals surface area contributed by atoms with Crippen LogP contribution in [0.5, 0.6) is 0 Å². The molecule has 0 aliphatic carbocycles. The highest BCUT2D eigenvalue weighted by atomic mass is 35.5. The second-order valence-electron chi connectivity index (χ2n) is 6.32. The van der Waals surface area contributed by atoms with Crippen molar-refractivity contribution < 1.29 is 0 Å². The molecular formula is C15H28ClN3. The van der Waals surface area contributed by atoms with Gasteiger partial charge in [-0.2, -0.15) is 5.10 Å². The molecule has 1 N–H and O–H groups in total. The minimum absolute atomic E-state index is 0.164. The Balaban J connectivity index is 2.73. The van der Waals surface area contributed by atoms with E-state index in [1.165, 1.54) is 5.69 Å². The van der Waals surface area contributed by atoms with Crippen molar-refractivity contribution >= 4 is 11.6 Å². The lowest BCUT2D eigenvalue weighted by molar-refractivity contribution is 0.377. The standard InChI is InChI=1S/C15H28ClN3/c1-7-12-14(16)13(19(8-2)18-12)9-11(3)10-17-15(4,5)6/h11,17H,7-10H2,1-6H3. The van der Waals surface area contributed by atoms with Gasteiger partial charge in [0, 0.05) is 12.1 Å². The Labute approximate surface area is 122 Å². The first-order chi connectivity index (χ1) is 8.78. The molecule has 110 valence electrons. The van der Waals surface area contributed by atoms with Crippen molar-refractivity contribution in [2.24, 2.45) is 5.92 Å². The Morgan fingerprint density at radius 1 is 1.32 bits per heavy atom. The van der Waals surface area contributed by atoms with Crippen LogP contribution in [0.3, 0.4) is 0 Å². The van der Waals surface area contributed by atoms with Crippen LogP contribution in [0.2, 0.25) is 5.02 Å². The Hall–Kier alpha value is -0.540. The zero-order valence-corrected chi connectivity index (χ0v) is 13.9. The first-order valence-corrected chi connectivity index (χ1v) is 7.65. The number of hydrogen-bond donors (Lipinski definition) is 1. The fraction of sp³-hybridized carbons (Fsp3) is 0.800. The van der Waals surface area contributed by atoms with E-state index in [0.29, 0.717) is 5.92 Å². The molecule has 0 saturated heterocycles. The molecule has 0 aromatic carbocycles. The van der Waals surface area contributed by atoms with Crippen LogP contribution in [-0.4, -0.2) is 21.9 Å². The molecule has 3 nitrogen and oxygen atoms in total. The largest absolute Gasteiger partial charge is 0.312 e. The molecule has 19 heavy (non-hydrogen) atoms. The fourth-order valence-corrected chi connectivity index (χ4v) is 2.44. The molecule has 1 aromatic rings. The van der Waals surface area contributed by atoms with E-state index in [-0.39, 0.29) is 5.54 Å². The normalized spacial score (nSPS) is 13.8. The monoisotopic (exact) mass is 285 g/mol. The van der Waals surface area contributed by atoms with Crippen molar-refractivity contribution in [2.45, 2.75) is 66.5 Å². The topological polar surface area (TPSA) is 29.9 Å². The number of aromatic nitrogens is 2. The summed E-state index contributed by atoms with van der Waals surface area (Å²) < 4.78 is 2.05. The van der Waals surface area contributed by atoms with Gasteiger partial charge in [-0.15, -0.1) is 0 Å². The average Bonchev–Trinajstić information content (AvgIpc) is 2.63. The summed E-state index contributed by atoms with van der Waals surface area (Å²) >= 11 is 6.44. The molecule has 1 heterocycles. The van der Waals surface area contributed by atoms with Gasteiger partial charge >= 0.3 is 0 Å². The predicted molar refractivity (Wildman–Crippen MR) is 82.9 cm³/mol. The lowest BCUT2D eigenvalue weighted by atomic mass is 10.0. The summed E-state index contributed by atoms with van der Waals surface area (Å²) in [5.74, 6) is 0.545. The lowest BCUT2D eigenvalue weighted by Gasteiger charge is -2.23. The molecule has 0 fully saturated rings. The van der Waals surface area contributed by atoms with Crippen LogP contribution < -0.4 is 5.32 Å². The van der Waals surface area contributed by atoms with Gasteiger partial charge in [0.15, 0.2) is 0 Å². The third kappa shape index (κ3) is 4.81. The molecule has 0 spiro atoms. The van der Waals surface area contributed by atoms with Gasteiger partial charge in [-0.3, -0.25) is 4.68 Å². The van der Waals surface area contributed by atoms with Crippen LogP contribution in [0.1, 0.15) is 52.9 Å². The molecule has 4 heteroatoms. The minimum atomic E-state index is 0.164. The lowest BCUT2D eigenvalue weighted by Crippen LogP contribution is -2.39. The van der Waals surface area contributed by atoms with Crippen molar-refractivity contribution in [1.82, 2.24) is 15.1 Å². The second kappa shape index (κ2) is 6.76. The zero-order chi connectivity index (χ0) is 14.6. The quantitative estimate of drug-likeness (QED) is 0.864. The fourth-order valence-electron chi connectivity index (χ4n) is 2.09. The van der Waals surface area contributed by atoms with E-state index in [1.807, 2.05) is 0 Å². The molecule has 1 aromatic heterocycles. The van der Waals surface area contributed by atoms with Crippen LogP contribution in [0.25, 0.3) is 0 Å². The van der Waals surface area contributed by atoms with Gasteiger partial charge in [0.2, 0.25) is 0 Å². The zero-order valence-electron chi connectivity index (χ0n) is 13.2. The van der Waals surface area contributed by atoms with Gasteiger partial charge in [0.1, 0.15) is 0 Å². The molecule has 0 aliphatic rings. The third-order valence-corrected chi connectivity index (χ3v) is 3.65. The third-order valence-electron chi connectivity index (χ3n) is 3.22. The van der Waals surface area contributed by atoms with Crippen molar-refractivity contribution in [3.63, 3.8) is 0 Å². The Morgan fingerprint density at radius 3 is 2.42 bits per heavy atom. The molecule has 1 atom stereocenters. The maximum Gasteiger partial charge on any atom is 0.0849 e. The van der Waals surface area contributed by atoms with E-state index in [1.54, 1.807) is 0 Å². The summed E-state index contributed by atoms with van der Waals surface area (Å²) in [7, 11) is 0. The number of rotatable bonds is 6. The van der Waals surface area contributed by atoms with Crippen LogP contribution in [0.4, 0.5) is 0 Å². The van der Waals surface area contributed by atoms with E-state index in [2.05, 4.69) is 56.6 Å². The summed E-state index contributed by atoms with van der Waals surface area (Å²) in [6.07, 6.45) is 1.87. The van der Waals surface area contributed by atoms with Gasteiger partial charge in [0.05, 0.1) is 16.4 Å². The van der Waals surface area contributed by atoms with Crippen LogP contribution in [0.15, 0.2) is 0 Å². The molecule has 0 radical (unpaired) electrons. The highest BCUT2D eigenvalue weighted by Crippen LogP contribution is 2.24. The predicted octanol–water partition coefficient (Wildman–Crippen LogP) is 3.69. The first kappa shape index (κ1) is 16.5. The highest BCUT2D eigenvalue weighted by molar-refractivity contribution is 6.31. The van der Waals surface area contributed by atoms with Crippen molar-refractivity contribution in [1.29, 1.82) is 0 Å². The van der Waals surface area contributed by atoms with Crippen molar-refractivity contribution in [2.75, 3.05) is 6.54 Å². The Morgan fingerprint density at radius 2 is 1.95 bits per heavy atom. The molecule has 1 rings (SSSR count). The number of hydrogen-bond acceptors (Lipinski definition) is 2. The molecular weight excluding hydrogens is 258 g/mol. The van der Waals surface area contributed by atoms with E-state index in [9.17, 15) is 0 Å². The summed E-state index contributed by atoms with van der Waals surface area (Å²) in [4.78, 5) is 0. The number of nitrogens with one attached hydrogen (secondary N) is 1. The van der Waals surface area contributed by atoms with Crippen molar-refractivity contribution in [3.8, 4) is 0 Å². The van der Waals surface area contributed by atoms with Crippen molar-refractivity contribution in [3.05, 3.63) is 16.4 Å². The first-order valence-electron chi connectivity index (χ1n) is 7.27. The van der Waals surface area contributed by atoms with Gasteiger partial charge in [-0.25, -0.2) is 0 Å². The summed E-state index contributed by atoms with van der Waals surface area (Å²) in [5.41, 5.74) is 2.37. The van der Waals surface area contributed by atoms with Gasteiger partial charge in [-0.05, 0) is 53.0 Å². The van der Waals surface area contributed by atoms with Crippen LogP contribution in [0, 0.1) is 5.92 Å². The maximum absolute atomic E-state index is 6.44. The van der Waals surface area contributed by atoms with Gasteiger partial charge < -0.3 is 5.32 Å². The number of halogens is 1. The van der Waals surface area contributed by atoms with E-state index in [0.717, 1.165) is 36.6 Å². The summed E-state index contributed by atoms with van der Waals surface area (Å²) in [6, 6.07) is 0. The molecule has 0 saturated carbocycles. The molecule has 0 amide bonds. The second-order valence-corrected chi connectivity index (χ2v) is 6.69. The number of nitrogens with zero attached hydrogens (tertiary/aromatic N) is 2. The van der Waals surface area contributed by atoms with E-state index < -0.39 is 0 Å². The highest BCUT2D eigenvalue weighted by Gasteiger charge is 2.18. The number of aryl methyl sites for hydroxylation is 2. The van der Waals surface area contributed by atoms with Crippen LogP contribution >= 0.6 is 11.6 Å². The summed E-state index contributed by atoms with van der Waals surface area (Å²) in [5, 5.41) is 8.99. The minimum Gasteiger partial charge on any atom is -0.312 e. The Kier molecular flexibility index (Phi) is 5.87. The molecule has 0 aliphatic heterocycles. The summed E-state index contributed by atoms with van der Waals surface area (Å²) in [6.45, 7) is 14.9. The SMILES string of the molecule is CCc1nn(CC)c(CC(C)CNC(C)(C)C)c1Cl. The van der Waals surface area contributed by atoms with Gasteiger partial charge in [-0.1, -0.05) is 25.4 Å². The van der Waals surface area contributed by atoms with Crippen LogP contribution in [-0.2, 0) is 19.4 Å². The molecule has 0 bridgehead atoms. The average molecular weight is 286 g/mol. The van der Waals surface area contributed by atoms with E-state index in [4.69, 9.17) is 11.6 Å². The smallest absolute Gasteiger partial charge is 0.0849 e. The van der Waals surface area contributed by atoms with Gasteiger partial charge in [0.25, 0.3) is 0 Å².